The number of hydrogen-bond acceptors (Lipinski definition) is 6. The smallest absolute Gasteiger partial charge is 0.379 e. The van der Waals surface area contributed by atoms with Crippen LogP contribution in [0.2, 0.25) is 0 Å². The molecule has 7 heteroatoms. The number of rotatable bonds is 9. The van der Waals surface area contributed by atoms with Gasteiger partial charge in [-0.15, -0.1) is 0 Å². The van der Waals surface area contributed by atoms with Gasteiger partial charge in [-0.25, -0.2) is 9.74 Å². The molecule has 6 nitrogen and oxygen atoms in total. The minimum atomic E-state index is -1.09. The second kappa shape index (κ2) is 9.11. The van der Waals surface area contributed by atoms with E-state index in [0.29, 0.717) is 31.3 Å². The van der Waals surface area contributed by atoms with Crippen LogP contribution >= 0.6 is 0 Å². The van der Waals surface area contributed by atoms with Crippen molar-refractivity contribution in [3.8, 4) is 11.5 Å². The Morgan fingerprint density at radius 1 is 1.00 bits per heavy atom. The Hall–Kier alpha value is -1.86. The number of carbonyl (C=O) groups excluding carboxylic acids is 1. The first-order valence-corrected chi connectivity index (χ1v) is 5.93. The highest BCUT2D eigenvalue weighted by atomic mass is 19.3. The van der Waals surface area contributed by atoms with E-state index in [2.05, 4.69) is 4.94 Å². The van der Waals surface area contributed by atoms with Crippen LogP contribution in [0.5, 0.6) is 11.5 Å². The molecule has 0 aliphatic rings. The third-order valence-electron chi connectivity index (χ3n) is 2.34. The van der Waals surface area contributed by atoms with E-state index < -0.39 is 5.97 Å². The molecule has 0 aromatic heterocycles. The molecular formula is C13H17FO6. The highest BCUT2D eigenvalue weighted by molar-refractivity contribution is 5.89. The molecule has 1 rings (SSSR count). The van der Waals surface area contributed by atoms with E-state index in [1.807, 2.05) is 0 Å². The molecule has 1 aromatic rings. The monoisotopic (exact) mass is 288 g/mol. The molecule has 112 valence electrons. The molecule has 0 heterocycles. The lowest BCUT2D eigenvalue weighted by Crippen LogP contribution is -2.09. The lowest BCUT2D eigenvalue weighted by atomic mass is 10.2. The maximum Gasteiger partial charge on any atom is 0.379 e. The summed E-state index contributed by atoms with van der Waals surface area (Å²) in [5.41, 5.74) is 0.0269. The van der Waals surface area contributed by atoms with E-state index in [0.717, 1.165) is 0 Å². The van der Waals surface area contributed by atoms with Crippen molar-refractivity contribution in [2.24, 2.45) is 0 Å². The molecule has 1 aromatic carbocycles. The molecular weight excluding hydrogens is 271 g/mol. The minimum absolute atomic E-state index is 0.0269. The third-order valence-corrected chi connectivity index (χ3v) is 2.34. The van der Waals surface area contributed by atoms with Crippen molar-refractivity contribution in [2.45, 2.75) is 0 Å². The molecule has 0 saturated carbocycles. The predicted octanol–water partition coefficient (Wildman–Crippen LogP) is 1.78. The van der Waals surface area contributed by atoms with E-state index in [1.54, 1.807) is 7.11 Å². The number of halogens is 1. The van der Waals surface area contributed by atoms with E-state index in [1.165, 1.54) is 25.3 Å². The van der Waals surface area contributed by atoms with Crippen LogP contribution in [0, 0.1) is 0 Å². The van der Waals surface area contributed by atoms with E-state index in [4.69, 9.17) is 18.9 Å². The number of benzene rings is 1. The minimum Gasteiger partial charge on any atom is -0.487 e. The van der Waals surface area contributed by atoms with Gasteiger partial charge in [0.1, 0.15) is 13.2 Å². The quantitative estimate of drug-likeness (QED) is 0.645. The van der Waals surface area contributed by atoms with Crippen molar-refractivity contribution in [3.05, 3.63) is 23.8 Å². The highest BCUT2D eigenvalue weighted by Crippen LogP contribution is 2.28. The van der Waals surface area contributed by atoms with Gasteiger partial charge in [-0.2, -0.15) is 0 Å². The van der Waals surface area contributed by atoms with Crippen molar-refractivity contribution >= 4 is 5.97 Å². The number of methoxy groups -OCH3 is 2. The van der Waals surface area contributed by atoms with E-state index in [9.17, 15) is 9.32 Å². The van der Waals surface area contributed by atoms with Gasteiger partial charge >= 0.3 is 5.97 Å². The zero-order chi connectivity index (χ0) is 14.8. The van der Waals surface area contributed by atoms with Crippen LogP contribution in [0.25, 0.3) is 0 Å². The van der Waals surface area contributed by atoms with Crippen LogP contribution in [0.1, 0.15) is 10.4 Å². The van der Waals surface area contributed by atoms with Crippen LogP contribution in [-0.4, -0.2) is 46.6 Å². The number of carbonyl (C=O) groups is 1. The Morgan fingerprint density at radius 2 is 1.60 bits per heavy atom. The van der Waals surface area contributed by atoms with Gasteiger partial charge in [-0.3, -0.25) is 0 Å². The second-order valence-electron chi connectivity index (χ2n) is 3.71. The zero-order valence-corrected chi connectivity index (χ0v) is 11.4. The topological polar surface area (TPSA) is 63.2 Å². The van der Waals surface area contributed by atoms with Crippen molar-refractivity contribution in [1.29, 1.82) is 0 Å². The van der Waals surface area contributed by atoms with Crippen LogP contribution in [0.3, 0.4) is 0 Å². The van der Waals surface area contributed by atoms with Gasteiger partial charge in [0, 0.05) is 18.7 Å². The normalized spacial score (nSPS) is 10.2. The Kier molecular flexibility index (Phi) is 7.38. The summed E-state index contributed by atoms with van der Waals surface area (Å²) in [6.45, 7) is 1.37. The van der Waals surface area contributed by atoms with Crippen LogP contribution in [0.4, 0.5) is 4.53 Å². The summed E-state index contributed by atoms with van der Waals surface area (Å²) in [5, 5.41) is 0. The number of ether oxygens (including phenoxy) is 4. The van der Waals surface area contributed by atoms with E-state index >= 15 is 0 Å². The van der Waals surface area contributed by atoms with Gasteiger partial charge in [-0.1, -0.05) is 0 Å². The molecule has 0 unspecified atom stereocenters. The standard InChI is InChI=1S/C13H17FO6/c1-16-5-7-18-11-4-3-10(13(15)20-14)9-12(11)19-8-6-17-2/h3-4,9H,5-8H2,1-2H3. The van der Waals surface area contributed by atoms with Crippen LogP contribution in [-0.2, 0) is 14.4 Å². The summed E-state index contributed by atoms with van der Waals surface area (Å²) in [6, 6.07) is 4.23. The molecule has 0 N–H and O–H groups in total. The molecule has 0 amide bonds. The summed E-state index contributed by atoms with van der Waals surface area (Å²) < 4.78 is 32.5. The molecule has 0 fully saturated rings. The first-order chi connectivity index (χ1) is 9.72. The number of hydrogen-bond donors (Lipinski definition) is 0. The van der Waals surface area contributed by atoms with Crippen LogP contribution < -0.4 is 9.47 Å². The van der Waals surface area contributed by atoms with Crippen molar-refractivity contribution in [1.82, 2.24) is 0 Å². The Balaban J connectivity index is 2.81. The fourth-order valence-electron chi connectivity index (χ4n) is 1.38. The van der Waals surface area contributed by atoms with Gasteiger partial charge in [0.2, 0.25) is 0 Å². The summed E-state index contributed by atoms with van der Waals surface area (Å²) in [6.07, 6.45) is 0. The van der Waals surface area contributed by atoms with Gasteiger partial charge in [0.05, 0.1) is 18.8 Å². The van der Waals surface area contributed by atoms with Gasteiger partial charge in [-0.05, 0) is 18.2 Å². The molecule has 0 aliphatic carbocycles. The Morgan fingerprint density at radius 3 is 2.15 bits per heavy atom. The fraction of sp³-hybridized carbons (Fsp3) is 0.462. The lowest BCUT2D eigenvalue weighted by Gasteiger charge is -2.13. The molecule has 0 saturated heterocycles. The van der Waals surface area contributed by atoms with Gasteiger partial charge in [0.25, 0.3) is 0 Å². The SMILES string of the molecule is COCCOc1ccc(C(=O)OF)cc1OCCOC. The summed E-state index contributed by atoms with van der Waals surface area (Å²) in [4.78, 5) is 14.3. The molecule has 20 heavy (non-hydrogen) atoms. The maximum atomic E-state index is 11.9. The zero-order valence-electron chi connectivity index (χ0n) is 11.4. The maximum absolute atomic E-state index is 11.9. The van der Waals surface area contributed by atoms with Gasteiger partial charge < -0.3 is 18.9 Å². The van der Waals surface area contributed by atoms with Crippen molar-refractivity contribution in [2.75, 3.05) is 40.6 Å². The Labute approximate surface area is 116 Å². The average Bonchev–Trinajstić information content (AvgIpc) is 2.48. The first-order valence-electron chi connectivity index (χ1n) is 5.93. The average molecular weight is 288 g/mol. The largest absolute Gasteiger partial charge is 0.487 e. The fourth-order valence-corrected chi connectivity index (χ4v) is 1.38. The molecule has 0 aliphatic heterocycles. The van der Waals surface area contributed by atoms with Crippen molar-refractivity contribution in [3.63, 3.8) is 0 Å². The second-order valence-corrected chi connectivity index (χ2v) is 3.71. The third kappa shape index (κ3) is 5.02. The first kappa shape index (κ1) is 16.2. The Bertz CT molecular complexity index is 423. The molecule has 0 spiro atoms. The summed E-state index contributed by atoms with van der Waals surface area (Å²) >= 11 is 0. The van der Waals surface area contributed by atoms with Gasteiger partial charge in [0.15, 0.2) is 11.5 Å². The van der Waals surface area contributed by atoms with Crippen molar-refractivity contribution < 1.29 is 33.2 Å². The lowest BCUT2D eigenvalue weighted by molar-refractivity contribution is -0.0788. The van der Waals surface area contributed by atoms with Crippen LogP contribution in [0.15, 0.2) is 18.2 Å². The molecule has 0 bridgehead atoms. The highest BCUT2D eigenvalue weighted by Gasteiger charge is 2.13. The summed E-state index contributed by atoms with van der Waals surface area (Å²) in [7, 11) is 3.09. The molecule has 0 atom stereocenters. The van der Waals surface area contributed by atoms with E-state index in [-0.39, 0.29) is 12.2 Å². The predicted molar refractivity (Wildman–Crippen MR) is 67.7 cm³/mol. The summed E-state index contributed by atoms with van der Waals surface area (Å²) in [5.74, 6) is -0.361. The molecule has 0 radical (unpaired) electrons.